The summed E-state index contributed by atoms with van der Waals surface area (Å²) in [6.07, 6.45) is 1.39. The number of thioether (sulfide) groups is 1. The summed E-state index contributed by atoms with van der Waals surface area (Å²) in [5.74, 6) is -0.590. The van der Waals surface area contributed by atoms with Crippen LogP contribution in [0.4, 0.5) is 10.5 Å². The van der Waals surface area contributed by atoms with Crippen molar-refractivity contribution in [3.63, 3.8) is 0 Å². The molecule has 0 unspecified atom stereocenters. The molecule has 1 fully saturated rings. The third kappa shape index (κ3) is 3.99. The fraction of sp³-hybridized carbons (Fsp3) is 0.118. The number of imide groups is 1. The number of nitro benzene ring substituents is 1. The first-order valence-electron chi connectivity index (χ1n) is 7.66. The fourth-order valence-electron chi connectivity index (χ4n) is 2.35. The van der Waals surface area contributed by atoms with Crippen molar-refractivity contribution < 1.29 is 28.5 Å². The van der Waals surface area contributed by atoms with Gasteiger partial charge in [-0.2, -0.15) is 0 Å². The molecule has 1 aromatic heterocycles. The number of esters is 1. The molecular formula is C17H11BrN2O7S. The largest absolute Gasteiger partial charge is 0.468 e. The van der Waals surface area contributed by atoms with Gasteiger partial charge in [-0.3, -0.25) is 29.4 Å². The van der Waals surface area contributed by atoms with E-state index in [9.17, 15) is 24.5 Å². The number of amides is 2. The summed E-state index contributed by atoms with van der Waals surface area (Å²) in [5.41, 5.74) is 0.519. The lowest BCUT2D eigenvalue weighted by Crippen LogP contribution is -2.34. The Kier molecular flexibility index (Phi) is 5.66. The lowest BCUT2D eigenvalue weighted by atomic mass is 10.1. The molecule has 11 heteroatoms. The van der Waals surface area contributed by atoms with Gasteiger partial charge in [0.25, 0.3) is 16.8 Å². The number of nitro groups is 1. The number of hydrogen-bond acceptors (Lipinski definition) is 8. The fourth-order valence-corrected chi connectivity index (χ4v) is 3.73. The molecule has 2 amide bonds. The highest BCUT2D eigenvalue weighted by atomic mass is 79.9. The van der Waals surface area contributed by atoms with Crippen molar-refractivity contribution in [1.82, 2.24) is 4.90 Å². The molecule has 1 aromatic carbocycles. The summed E-state index contributed by atoms with van der Waals surface area (Å²) in [5, 5.41) is 10.2. The minimum atomic E-state index is -0.702. The number of non-ortho nitro benzene ring substituents is 1. The van der Waals surface area contributed by atoms with Crippen molar-refractivity contribution >= 4 is 56.6 Å². The number of furan rings is 1. The number of hydrogen-bond donors (Lipinski definition) is 0. The molecule has 1 aliphatic heterocycles. The number of nitrogens with zero attached hydrogens (tertiary/aromatic N) is 2. The number of methoxy groups -OCH3 is 1. The molecular weight excluding hydrogens is 456 g/mol. The Balaban J connectivity index is 1.83. The lowest BCUT2D eigenvalue weighted by Gasteiger charge is -2.09. The van der Waals surface area contributed by atoms with Gasteiger partial charge in [-0.25, -0.2) is 0 Å². The summed E-state index contributed by atoms with van der Waals surface area (Å²) >= 11 is 3.96. The van der Waals surface area contributed by atoms with Gasteiger partial charge >= 0.3 is 5.97 Å². The van der Waals surface area contributed by atoms with Gasteiger partial charge in [0.1, 0.15) is 18.1 Å². The van der Waals surface area contributed by atoms with Crippen LogP contribution in [0, 0.1) is 10.1 Å². The SMILES string of the molecule is COC(=O)CN1C(=O)S/C(=C\c2ccc(-c3ccc([N+](=O)[O-])cc3Br)o2)C1=O. The Morgan fingerprint density at radius 2 is 2.11 bits per heavy atom. The number of carbonyl (C=O) groups excluding carboxylic acids is 3. The average Bonchev–Trinajstić information content (AvgIpc) is 3.21. The van der Waals surface area contributed by atoms with Crippen LogP contribution in [0.1, 0.15) is 5.76 Å². The first-order valence-corrected chi connectivity index (χ1v) is 9.27. The molecule has 0 aliphatic carbocycles. The molecule has 0 N–H and O–H groups in total. The molecule has 1 aliphatic rings. The van der Waals surface area contributed by atoms with Crippen molar-refractivity contribution in [2.24, 2.45) is 0 Å². The van der Waals surface area contributed by atoms with Gasteiger partial charge in [-0.15, -0.1) is 0 Å². The van der Waals surface area contributed by atoms with Crippen molar-refractivity contribution in [2.45, 2.75) is 0 Å². The molecule has 2 heterocycles. The maximum Gasteiger partial charge on any atom is 0.325 e. The minimum absolute atomic E-state index is 0.0679. The number of ether oxygens (including phenoxy) is 1. The number of benzene rings is 1. The quantitative estimate of drug-likeness (QED) is 0.282. The van der Waals surface area contributed by atoms with Crippen molar-refractivity contribution in [3.8, 4) is 11.3 Å². The Bertz CT molecular complexity index is 1030. The zero-order valence-electron chi connectivity index (χ0n) is 14.2. The van der Waals surface area contributed by atoms with Crippen molar-refractivity contribution in [2.75, 3.05) is 13.7 Å². The van der Waals surface area contributed by atoms with E-state index in [0.29, 0.717) is 33.3 Å². The zero-order chi connectivity index (χ0) is 20.4. The van der Waals surface area contributed by atoms with E-state index < -0.39 is 28.6 Å². The normalized spacial score (nSPS) is 15.4. The van der Waals surface area contributed by atoms with Crippen LogP contribution in [0.3, 0.4) is 0 Å². The third-order valence-electron chi connectivity index (χ3n) is 3.72. The van der Waals surface area contributed by atoms with E-state index in [-0.39, 0.29) is 10.6 Å². The predicted molar refractivity (Wildman–Crippen MR) is 103 cm³/mol. The second-order valence-corrected chi connectivity index (χ2v) is 7.31. The van der Waals surface area contributed by atoms with Crippen LogP contribution in [0.5, 0.6) is 0 Å². The van der Waals surface area contributed by atoms with Crippen LogP contribution in [0.25, 0.3) is 17.4 Å². The van der Waals surface area contributed by atoms with Crippen molar-refractivity contribution in [1.29, 1.82) is 0 Å². The molecule has 28 heavy (non-hydrogen) atoms. The third-order valence-corrected chi connectivity index (χ3v) is 5.28. The van der Waals surface area contributed by atoms with Gasteiger partial charge in [0.15, 0.2) is 0 Å². The maximum atomic E-state index is 12.3. The summed E-state index contributed by atoms with van der Waals surface area (Å²) in [4.78, 5) is 46.8. The molecule has 0 atom stereocenters. The highest BCUT2D eigenvalue weighted by Crippen LogP contribution is 2.35. The monoisotopic (exact) mass is 466 g/mol. The molecule has 0 spiro atoms. The maximum absolute atomic E-state index is 12.3. The Morgan fingerprint density at radius 1 is 1.36 bits per heavy atom. The summed E-state index contributed by atoms with van der Waals surface area (Å²) < 4.78 is 10.6. The second-order valence-electron chi connectivity index (χ2n) is 5.47. The molecule has 0 saturated carbocycles. The number of halogens is 1. The van der Waals surface area contributed by atoms with Crippen molar-refractivity contribution in [3.05, 3.63) is 55.6 Å². The molecule has 144 valence electrons. The van der Waals surface area contributed by atoms with E-state index in [1.807, 2.05) is 0 Å². The molecule has 0 bridgehead atoms. The van der Waals surface area contributed by atoms with Gasteiger partial charge in [-0.1, -0.05) is 0 Å². The summed E-state index contributed by atoms with van der Waals surface area (Å²) in [7, 11) is 1.16. The molecule has 2 aromatic rings. The highest BCUT2D eigenvalue weighted by Gasteiger charge is 2.36. The second kappa shape index (κ2) is 7.98. The number of carbonyl (C=O) groups is 3. The van der Waals surface area contributed by atoms with Crippen LogP contribution >= 0.6 is 27.7 Å². The van der Waals surface area contributed by atoms with Gasteiger partial charge in [0.05, 0.1) is 16.9 Å². The van der Waals surface area contributed by atoms with Gasteiger partial charge in [0.2, 0.25) is 0 Å². The molecule has 9 nitrogen and oxygen atoms in total. The lowest BCUT2D eigenvalue weighted by molar-refractivity contribution is -0.384. The van der Waals surface area contributed by atoms with E-state index in [1.54, 1.807) is 12.1 Å². The standard InChI is InChI=1S/C17H11BrN2O7S/c1-26-15(21)8-19-16(22)14(28-17(19)23)7-10-3-5-13(27-10)11-4-2-9(20(24)25)6-12(11)18/h2-7H,8H2,1H3/b14-7-. The Hall–Kier alpha value is -2.92. The first kappa shape index (κ1) is 19.8. The predicted octanol–water partition coefficient (Wildman–Crippen LogP) is 3.83. The van der Waals surface area contributed by atoms with E-state index in [0.717, 1.165) is 12.0 Å². The topological polar surface area (TPSA) is 120 Å². The van der Waals surface area contributed by atoms with Gasteiger partial charge < -0.3 is 9.15 Å². The highest BCUT2D eigenvalue weighted by molar-refractivity contribution is 9.10. The van der Waals surface area contributed by atoms with E-state index in [1.165, 1.54) is 24.3 Å². The van der Waals surface area contributed by atoms with E-state index in [4.69, 9.17) is 4.42 Å². The molecule has 1 saturated heterocycles. The Morgan fingerprint density at radius 3 is 2.75 bits per heavy atom. The first-order chi connectivity index (χ1) is 13.3. The molecule has 0 radical (unpaired) electrons. The van der Waals surface area contributed by atoms with Crippen LogP contribution in [-0.4, -0.2) is 40.6 Å². The van der Waals surface area contributed by atoms with E-state index >= 15 is 0 Å². The Labute approximate surface area is 170 Å². The summed E-state index contributed by atoms with van der Waals surface area (Å²) in [6.45, 7) is -0.461. The zero-order valence-corrected chi connectivity index (χ0v) is 16.6. The smallest absolute Gasteiger partial charge is 0.325 e. The van der Waals surface area contributed by atoms with Gasteiger partial charge in [-0.05, 0) is 45.9 Å². The molecule has 3 rings (SSSR count). The average molecular weight is 467 g/mol. The van der Waals surface area contributed by atoms with Crippen LogP contribution < -0.4 is 0 Å². The number of rotatable bonds is 5. The van der Waals surface area contributed by atoms with Gasteiger partial charge in [0, 0.05) is 28.2 Å². The summed E-state index contributed by atoms with van der Waals surface area (Å²) in [6, 6.07) is 7.47. The minimum Gasteiger partial charge on any atom is -0.468 e. The van der Waals surface area contributed by atoms with E-state index in [2.05, 4.69) is 20.7 Å². The van der Waals surface area contributed by atoms with Crippen LogP contribution in [0.2, 0.25) is 0 Å². The van der Waals surface area contributed by atoms with Crippen LogP contribution in [-0.2, 0) is 14.3 Å². The van der Waals surface area contributed by atoms with Crippen LogP contribution in [0.15, 0.2) is 44.1 Å².